The highest BCUT2D eigenvalue weighted by Gasteiger charge is 2.17. The molecule has 2 aromatic carbocycles. The molecule has 0 bridgehead atoms. The molecule has 0 heterocycles. The maximum atomic E-state index is 12.3. The van der Waals surface area contributed by atoms with Crippen molar-refractivity contribution >= 4 is 27.1 Å². The fourth-order valence-electron chi connectivity index (χ4n) is 1.89. The van der Waals surface area contributed by atoms with Crippen LogP contribution in [0, 0.1) is 6.92 Å². The van der Waals surface area contributed by atoms with Crippen LogP contribution in [0.5, 0.6) is 0 Å². The predicted octanol–water partition coefficient (Wildman–Crippen LogP) is 3.20. The van der Waals surface area contributed by atoms with Gasteiger partial charge in [-0.05, 0) is 36.2 Å². The highest BCUT2D eigenvalue weighted by Crippen LogP contribution is 2.24. The molecule has 0 aromatic heterocycles. The van der Waals surface area contributed by atoms with Gasteiger partial charge in [0, 0.05) is 0 Å². The maximum Gasteiger partial charge on any atom is 0.182 e. The van der Waals surface area contributed by atoms with Crippen molar-refractivity contribution < 1.29 is 8.42 Å². The van der Waals surface area contributed by atoms with Gasteiger partial charge in [-0.2, -0.15) is 0 Å². The van der Waals surface area contributed by atoms with Gasteiger partial charge in [-0.3, -0.25) is 0 Å². The molecule has 0 amide bonds. The number of hydrogen-bond acceptors (Lipinski definition) is 3. The van der Waals surface area contributed by atoms with Crippen molar-refractivity contribution in [2.75, 3.05) is 5.73 Å². The third kappa shape index (κ3) is 3.08. The first kappa shape index (κ1) is 13.9. The summed E-state index contributed by atoms with van der Waals surface area (Å²) >= 11 is 5.82. The van der Waals surface area contributed by atoms with E-state index in [1.54, 1.807) is 43.3 Å². The SMILES string of the molecule is Cc1ccccc1S(=O)(=O)Cc1ccc(Cl)c(N)c1. The second-order valence-corrected chi connectivity index (χ2v) is 6.75. The molecule has 0 radical (unpaired) electrons. The molecule has 0 atom stereocenters. The van der Waals surface area contributed by atoms with Crippen molar-refractivity contribution in [2.24, 2.45) is 0 Å². The van der Waals surface area contributed by atoms with Crippen molar-refractivity contribution in [2.45, 2.75) is 17.6 Å². The number of halogens is 1. The minimum atomic E-state index is -3.37. The lowest BCUT2D eigenvalue weighted by Crippen LogP contribution is -2.07. The molecule has 0 aliphatic heterocycles. The van der Waals surface area contributed by atoms with E-state index in [-0.39, 0.29) is 5.75 Å². The van der Waals surface area contributed by atoms with E-state index in [4.69, 9.17) is 17.3 Å². The summed E-state index contributed by atoms with van der Waals surface area (Å²) in [5.74, 6) is -0.0841. The summed E-state index contributed by atoms with van der Waals surface area (Å²) in [6.07, 6.45) is 0. The molecule has 0 aliphatic carbocycles. The largest absolute Gasteiger partial charge is 0.398 e. The average Bonchev–Trinajstić information content (AvgIpc) is 2.34. The number of anilines is 1. The topological polar surface area (TPSA) is 60.2 Å². The van der Waals surface area contributed by atoms with E-state index in [1.165, 1.54) is 0 Å². The Morgan fingerprint density at radius 3 is 2.47 bits per heavy atom. The summed E-state index contributed by atoms with van der Waals surface area (Å²) < 4.78 is 24.7. The molecule has 0 unspecified atom stereocenters. The molecule has 100 valence electrons. The van der Waals surface area contributed by atoms with Crippen LogP contribution in [0.25, 0.3) is 0 Å². The Morgan fingerprint density at radius 2 is 1.84 bits per heavy atom. The molecule has 0 aliphatic rings. The second-order valence-electron chi connectivity index (χ2n) is 4.38. The van der Waals surface area contributed by atoms with Crippen molar-refractivity contribution in [3.63, 3.8) is 0 Å². The molecular formula is C14H14ClNO2S. The molecule has 0 spiro atoms. The maximum absolute atomic E-state index is 12.3. The molecule has 2 N–H and O–H groups in total. The van der Waals surface area contributed by atoms with Crippen LogP contribution in [0.15, 0.2) is 47.4 Å². The quantitative estimate of drug-likeness (QED) is 0.885. The van der Waals surface area contributed by atoms with E-state index in [2.05, 4.69) is 0 Å². The Kier molecular flexibility index (Phi) is 3.83. The van der Waals surface area contributed by atoms with Gasteiger partial charge in [0.05, 0.1) is 21.4 Å². The van der Waals surface area contributed by atoms with Crippen LogP contribution >= 0.6 is 11.6 Å². The van der Waals surface area contributed by atoms with Crippen LogP contribution in [0.3, 0.4) is 0 Å². The lowest BCUT2D eigenvalue weighted by Gasteiger charge is -2.08. The van der Waals surface area contributed by atoms with Crippen molar-refractivity contribution in [3.8, 4) is 0 Å². The summed E-state index contributed by atoms with van der Waals surface area (Å²) in [4.78, 5) is 0.350. The molecule has 0 fully saturated rings. The van der Waals surface area contributed by atoms with E-state index in [0.29, 0.717) is 21.2 Å². The highest BCUT2D eigenvalue weighted by atomic mass is 35.5. The molecule has 0 saturated heterocycles. The summed E-state index contributed by atoms with van der Waals surface area (Å²) in [6, 6.07) is 11.8. The zero-order valence-corrected chi connectivity index (χ0v) is 12.0. The zero-order chi connectivity index (χ0) is 14.0. The molecular weight excluding hydrogens is 282 g/mol. The van der Waals surface area contributed by atoms with E-state index >= 15 is 0 Å². The normalized spacial score (nSPS) is 11.5. The van der Waals surface area contributed by atoms with Crippen LogP contribution < -0.4 is 5.73 Å². The van der Waals surface area contributed by atoms with Crippen LogP contribution in [0.2, 0.25) is 5.02 Å². The molecule has 19 heavy (non-hydrogen) atoms. The van der Waals surface area contributed by atoms with Gasteiger partial charge in [-0.15, -0.1) is 0 Å². The summed E-state index contributed by atoms with van der Waals surface area (Å²) in [6.45, 7) is 1.78. The van der Waals surface area contributed by atoms with Gasteiger partial charge in [0.25, 0.3) is 0 Å². The molecule has 3 nitrogen and oxygen atoms in total. The second kappa shape index (κ2) is 5.23. The highest BCUT2D eigenvalue weighted by molar-refractivity contribution is 7.90. The standard InChI is InChI=1S/C14H14ClNO2S/c1-10-4-2-3-5-14(10)19(17,18)9-11-6-7-12(15)13(16)8-11/h2-8H,9,16H2,1H3. The fourth-order valence-corrected chi connectivity index (χ4v) is 3.62. The number of benzene rings is 2. The molecule has 5 heteroatoms. The number of rotatable bonds is 3. The Morgan fingerprint density at radius 1 is 1.16 bits per heavy atom. The predicted molar refractivity (Wildman–Crippen MR) is 77.9 cm³/mol. The van der Waals surface area contributed by atoms with Gasteiger partial charge in [-0.1, -0.05) is 35.9 Å². The van der Waals surface area contributed by atoms with Gasteiger partial charge in [0.1, 0.15) is 0 Å². The Balaban J connectivity index is 2.37. The van der Waals surface area contributed by atoms with Crippen LogP contribution in [0.1, 0.15) is 11.1 Å². The lowest BCUT2D eigenvalue weighted by atomic mass is 10.2. The monoisotopic (exact) mass is 295 g/mol. The minimum absolute atomic E-state index is 0.0841. The van der Waals surface area contributed by atoms with E-state index in [0.717, 1.165) is 5.56 Å². The number of hydrogen-bond donors (Lipinski definition) is 1. The van der Waals surface area contributed by atoms with Crippen molar-refractivity contribution in [3.05, 3.63) is 58.6 Å². The summed E-state index contributed by atoms with van der Waals surface area (Å²) in [5.41, 5.74) is 7.44. The van der Waals surface area contributed by atoms with Gasteiger partial charge in [0.2, 0.25) is 0 Å². The smallest absolute Gasteiger partial charge is 0.182 e. The third-order valence-electron chi connectivity index (χ3n) is 2.85. The summed E-state index contributed by atoms with van der Waals surface area (Å²) in [7, 11) is -3.37. The van der Waals surface area contributed by atoms with Gasteiger partial charge >= 0.3 is 0 Å². The number of nitrogen functional groups attached to an aromatic ring is 1. The van der Waals surface area contributed by atoms with Crippen molar-refractivity contribution in [1.82, 2.24) is 0 Å². The first-order valence-electron chi connectivity index (χ1n) is 5.72. The summed E-state index contributed by atoms with van der Waals surface area (Å²) in [5, 5.41) is 0.428. The Bertz CT molecular complexity index is 711. The van der Waals surface area contributed by atoms with Crippen LogP contribution in [-0.2, 0) is 15.6 Å². The molecule has 0 saturated carbocycles. The lowest BCUT2D eigenvalue weighted by molar-refractivity contribution is 0.594. The minimum Gasteiger partial charge on any atom is -0.398 e. The number of nitrogens with two attached hydrogens (primary N) is 1. The molecule has 2 rings (SSSR count). The average molecular weight is 296 g/mol. The zero-order valence-electron chi connectivity index (χ0n) is 10.4. The number of aryl methyl sites for hydroxylation is 1. The van der Waals surface area contributed by atoms with E-state index in [1.807, 2.05) is 6.07 Å². The first-order chi connectivity index (χ1) is 8.90. The first-order valence-corrected chi connectivity index (χ1v) is 7.75. The fraction of sp³-hybridized carbons (Fsp3) is 0.143. The van der Waals surface area contributed by atoms with Crippen molar-refractivity contribution in [1.29, 1.82) is 0 Å². The van der Waals surface area contributed by atoms with Gasteiger partial charge < -0.3 is 5.73 Å². The Labute approximate surface area is 117 Å². The molecule has 2 aromatic rings. The van der Waals surface area contributed by atoms with Crippen LogP contribution in [-0.4, -0.2) is 8.42 Å². The third-order valence-corrected chi connectivity index (χ3v) is 5.03. The van der Waals surface area contributed by atoms with Crippen LogP contribution in [0.4, 0.5) is 5.69 Å². The van der Waals surface area contributed by atoms with Gasteiger partial charge in [-0.25, -0.2) is 8.42 Å². The Hall–Kier alpha value is -1.52. The number of sulfone groups is 1. The van der Waals surface area contributed by atoms with E-state index < -0.39 is 9.84 Å². The van der Waals surface area contributed by atoms with E-state index in [9.17, 15) is 8.42 Å². The van der Waals surface area contributed by atoms with Gasteiger partial charge in [0.15, 0.2) is 9.84 Å².